The maximum Gasteiger partial charge on any atom is 0.276 e. The number of hydrogen-bond donors (Lipinski definition) is 0. The summed E-state index contributed by atoms with van der Waals surface area (Å²) < 4.78 is 2.74. The molecular weight excluding hydrogens is 342 g/mol. The average Bonchev–Trinajstić information content (AvgIpc) is 2.83. The quantitative estimate of drug-likeness (QED) is 0.695. The van der Waals surface area contributed by atoms with Crippen molar-refractivity contribution in [2.75, 3.05) is 11.9 Å². The number of carbonyl (C=O) groups is 1. The number of aromatic nitrogens is 2. The van der Waals surface area contributed by atoms with Gasteiger partial charge < -0.3 is 4.90 Å². The highest BCUT2D eigenvalue weighted by atomic mass is 79.9. The zero-order valence-corrected chi connectivity index (χ0v) is 14.3. The third kappa shape index (κ3) is 2.41. The molecule has 0 fully saturated rings. The van der Waals surface area contributed by atoms with E-state index >= 15 is 0 Å². The first-order valence-corrected chi connectivity index (χ1v) is 7.76. The Kier molecular flexibility index (Phi) is 3.74. The summed E-state index contributed by atoms with van der Waals surface area (Å²) in [4.78, 5) is 19.1. The fraction of sp³-hybridized carbons (Fsp3) is 0.176. The molecular formula is C17H16BrN3O. The Labute approximate surface area is 137 Å². The van der Waals surface area contributed by atoms with Gasteiger partial charge in [0.1, 0.15) is 5.69 Å². The topological polar surface area (TPSA) is 37.6 Å². The molecule has 2 aromatic heterocycles. The molecule has 0 saturated heterocycles. The van der Waals surface area contributed by atoms with Crippen molar-refractivity contribution in [1.82, 2.24) is 9.38 Å². The molecule has 0 bridgehead atoms. The van der Waals surface area contributed by atoms with E-state index in [4.69, 9.17) is 0 Å². The third-order valence-electron chi connectivity index (χ3n) is 3.64. The van der Waals surface area contributed by atoms with Crippen LogP contribution in [0.2, 0.25) is 0 Å². The number of hydrogen-bond acceptors (Lipinski definition) is 2. The van der Waals surface area contributed by atoms with Crippen LogP contribution < -0.4 is 4.90 Å². The largest absolute Gasteiger partial charge is 0.310 e. The highest BCUT2D eigenvalue weighted by Gasteiger charge is 2.22. The van der Waals surface area contributed by atoms with Crippen molar-refractivity contribution < 1.29 is 4.79 Å². The van der Waals surface area contributed by atoms with E-state index in [1.165, 1.54) is 0 Å². The molecule has 0 spiro atoms. The lowest BCUT2D eigenvalue weighted by Crippen LogP contribution is -2.28. The van der Waals surface area contributed by atoms with E-state index in [1.807, 2.05) is 60.8 Å². The van der Waals surface area contributed by atoms with E-state index in [0.29, 0.717) is 5.69 Å². The molecule has 112 valence electrons. The van der Waals surface area contributed by atoms with E-state index in [-0.39, 0.29) is 5.91 Å². The first-order valence-electron chi connectivity index (χ1n) is 6.97. The molecule has 0 unspecified atom stereocenters. The first-order chi connectivity index (χ1) is 10.5. The summed E-state index contributed by atoms with van der Waals surface area (Å²) in [6.45, 7) is 3.86. The van der Waals surface area contributed by atoms with E-state index in [1.54, 1.807) is 11.9 Å². The van der Waals surface area contributed by atoms with Gasteiger partial charge in [0.15, 0.2) is 5.65 Å². The molecule has 0 radical (unpaired) electrons. The van der Waals surface area contributed by atoms with Gasteiger partial charge in [0.05, 0.1) is 10.2 Å². The van der Waals surface area contributed by atoms with Crippen LogP contribution in [-0.4, -0.2) is 22.3 Å². The molecule has 4 nitrogen and oxygen atoms in total. The molecule has 1 aromatic carbocycles. The van der Waals surface area contributed by atoms with Gasteiger partial charge in [-0.05, 0) is 53.5 Å². The molecule has 0 aliphatic rings. The summed E-state index contributed by atoms with van der Waals surface area (Å²) in [6, 6.07) is 11.6. The number of fused-ring (bicyclic) bond motifs is 1. The number of aryl methyl sites for hydroxylation is 2. The van der Waals surface area contributed by atoms with Crippen molar-refractivity contribution in [2.45, 2.75) is 13.8 Å². The molecule has 3 rings (SSSR count). The van der Waals surface area contributed by atoms with E-state index in [9.17, 15) is 4.79 Å². The van der Waals surface area contributed by atoms with E-state index in [0.717, 1.165) is 27.1 Å². The molecule has 0 atom stereocenters. The van der Waals surface area contributed by atoms with Gasteiger partial charge in [0.2, 0.25) is 0 Å². The van der Waals surface area contributed by atoms with Gasteiger partial charge in [-0.2, -0.15) is 0 Å². The minimum atomic E-state index is -0.0753. The zero-order valence-electron chi connectivity index (χ0n) is 12.7. The lowest BCUT2D eigenvalue weighted by molar-refractivity contribution is 0.0987. The van der Waals surface area contributed by atoms with Crippen LogP contribution in [0.15, 0.2) is 47.1 Å². The number of amides is 1. The van der Waals surface area contributed by atoms with Crippen LogP contribution in [0.5, 0.6) is 0 Å². The van der Waals surface area contributed by atoms with E-state index < -0.39 is 0 Å². The number of nitrogens with zero attached hydrogens (tertiary/aromatic N) is 3. The molecule has 22 heavy (non-hydrogen) atoms. The summed E-state index contributed by atoms with van der Waals surface area (Å²) >= 11 is 3.52. The smallest absolute Gasteiger partial charge is 0.276 e. The number of benzene rings is 1. The van der Waals surface area contributed by atoms with Crippen molar-refractivity contribution in [2.24, 2.45) is 0 Å². The summed E-state index contributed by atoms with van der Waals surface area (Å²) in [5.74, 6) is -0.0753. The van der Waals surface area contributed by atoms with Gasteiger partial charge in [-0.25, -0.2) is 4.98 Å². The molecule has 0 N–H and O–H groups in total. The minimum absolute atomic E-state index is 0.0753. The number of pyridine rings is 1. The van der Waals surface area contributed by atoms with Crippen LogP contribution in [0.25, 0.3) is 5.65 Å². The fourth-order valence-electron chi connectivity index (χ4n) is 2.53. The Bertz CT molecular complexity index is 855. The number of imidazole rings is 1. The second-order valence-corrected chi connectivity index (χ2v) is 6.16. The summed E-state index contributed by atoms with van der Waals surface area (Å²) in [5.41, 5.74) is 3.99. The van der Waals surface area contributed by atoms with Crippen LogP contribution in [0.3, 0.4) is 0 Å². The predicted octanol–water partition coefficient (Wildman–Crippen LogP) is 3.99. The van der Waals surface area contributed by atoms with Gasteiger partial charge >= 0.3 is 0 Å². The van der Waals surface area contributed by atoms with Crippen molar-refractivity contribution in [3.8, 4) is 0 Å². The Hall–Kier alpha value is -2.14. The zero-order chi connectivity index (χ0) is 15.9. The van der Waals surface area contributed by atoms with Crippen LogP contribution in [-0.2, 0) is 0 Å². The highest BCUT2D eigenvalue weighted by Crippen LogP contribution is 2.24. The molecule has 0 saturated carbocycles. The molecule has 2 heterocycles. The Morgan fingerprint density at radius 1 is 1.23 bits per heavy atom. The average molecular weight is 358 g/mol. The summed E-state index contributed by atoms with van der Waals surface area (Å²) in [6.07, 6.45) is 1.94. The number of para-hydroxylation sites is 1. The van der Waals surface area contributed by atoms with Crippen LogP contribution in [0.1, 0.15) is 21.7 Å². The lowest BCUT2D eigenvalue weighted by Gasteiger charge is -2.17. The van der Waals surface area contributed by atoms with Crippen molar-refractivity contribution in [3.05, 3.63) is 64.0 Å². The Morgan fingerprint density at radius 2 is 1.91 bits per heavy atom. The van der Waals surface area contributed by atoms with Crippen LogP contribution in [0.4, 0.5) is 5.69 Å². The number of rotatable bonds is 2. The monoisotopic (exact) mass is 357 g/mol. The standard InChI is InChI=1S/C17H16BrN3O/c1-11-9-14(18)16-19-12(2)15(21(16)10-11)17(22)20(3)13-7-5-4-6-8-13/h4-10H,1-3H3. The SMILES string of the molecule is Cc1cc(Br)c2nc(C)c(C(=O)N(C)c3ccccc3)n2c1. The molecule has 5 heteroatoms. The second-order valence-electron chi connectivity index (χ2n) is 5.30. The summed E-state index contributed by atoms with van der Waals surface area (Å²) in [7, 11) is 1.78. The Balaban J connectivity index is 2.14. The predicted molar refractivity (Wildman–Crippen MR) is 91.5 cm³/mol. The van der Waals surface area contributed by atoms with Gasteiger partial charge in [-0.1, -0.05) is 18.2 Å². The van der Waals surface area contributed by atoms with Gasteiger partial charge in [-0.15, -0.1) is 0 Å². The maximum atomic E-state index is 12.9. The number of halogens is 1. The van der Waals surface area contributed by atoms with Crippen LogP contribution in [0, 0.1) is 13.8 Å². The first kappa shape index (κ1) is 14.8. The number of carbonyl (C=O) groups excluding carboxylic acids is 1. The number of anilines is 1. The normalized spacial score (nSPS) is 10.9. The second kappa shape index (κ2) is 5.57. The van der Waals surface area contributed by atoms with Crippen molar-refractivity contribution in [1.29, 1.82) is 0 Å². The maximum absolute atomic E-state index is 12.9. The van der Waals surface area contributed by atoms with Gasteiger partial charge in [0, 0.05) is 18.9 Å². The molecule has 0 aliphatic carbocycles. The van der Waals surface area contributed by atoms with Gasteiger partial charge in [0.25, 0.3) is 5.91 Å². The van der Waals surface area contributed by atoms with Crippen molar-refractivity contribution in [3.63, 3.8) is 0 Å². The lowest BCUT2D eigenvalue weighted by atomic mass is 10.2. The Morgan fingerprint density at radius 3 is 2.59 bits per heavy atom. The summed E-state index contributed by atoms with van der Waals surface area (Å²) in [5, 5.41) is 0. The van der Waals surface area contributed by atoms with E-state index in [2.05, 4.69) is 20.9 Å². The highest BCUT2D eigenvalue weighted by molar-refractivity contribution is 9.10. The molecule has 3 aromatic rings. The molecule has 0 aliphatic heterocycles. The van der Waals surface area contributed by atoms with Gasteiger partial charge in [-0.3, -0.25) is 9.20 Å². The van der Waals surface area contributed by atoms with Crippen LogP contribution >= 0.6 is 15.9 Å². The van der Waals surface area contributed by atoms with Crippen molar-refractivity contribution >= 4 is 33.2 Å². The fourth-order valence-corrected chi connectivity index (χ4v) is 3.17. The third-order valence-corrected chi connectivity index (χ3v) is 4.22. The molecule has 1 amide bonds. The minimum Gasteiger partial charge on any atom is -0.310 e.